The van der Waals surface area contributed by atoms with Crippen LogP contribution in [0.4, 0.5) is 4.79 Å². The fourth-order valence-corrected chi connectivity index (χ4v) is 4.02. The third kappa shape index (κ3) is 3.46. The van der Waals surface area contributed by atoms with Crippen molar-refractivity contribution in [2.75, 3.05) is 0 Å². The quantitative estimate of drug-likeness (QED) is 0.551. The summed E-state index contributed by atoms with van der Waals surface area (Å²) in [7, 11) is 0. The molecule has 0 saturated heterocycles. The van der Waals surface area contributed by atoms with Gasteiger partial charge in [-0.25, -0.2) is 19.4 Å². The van der Waals surface area contributed by atoms with E-state index in [9.17, 15) is 4.79 Å². The molecule has 1 saturated carbocycles. The Kier molecular flexibility index (Phi) is 4.27. The molecule has 3 aromatic heterocycles. The van der Waals surface area contributed by atoms with Crippen molar-refractivity contribution < 1.29 is 9.90 Å². The van der Waals surface area contributed by atoms with E-state index >= 15 is 0 Å². The van der Waals surface area contributed by atoms with E-state index in [-0.39, 0.29) is 12.0 Å². The van der Waals surface area contributed by atoms with Crippen LogP contribution in [0.15, 0.2) is 42.7 Å². The highest BCUT2D eigenvalue weighted by molar-refractivity contribution is 5.79. The van der Waals surface area contributed by atoms with Crippen molar-refractivity contribution in [1.29, 1.82) is 0 Å². The summed E-state index contributed by atoms with van der Waals surface area (Å²) < 4.78 is 1.76. The monoisotopic (exact) mass is 389 g/mol. The Labute approximate surface area is 165 Å². The van der Waals surface area contributed by atoms with Gasteiger partial charge in [0.15, 0.2) is 5.65 Å². The summed E-state index contributed by atoms with van der Waals surface area (Å²) in [6.45, 7) is 0.535. The normalized spacial score (nSPS) is 19.0. The van der Waals surface area contributed by atoms with Crippen LogP contribution in [0.25, 0.3) is 22.2 Å². The molecule has 1 amide bonds. The molecule has 9 heteroatoms. The summed E-state index contributed by atoms with van der Waals surface area (Å²) in [5, 5.41) is 20.9. The maximum absolute atomic E-state index is 10.9. The maximum Gasteiger partial charge on any atom is 0.404 e. The number of benzene rings is 1. The molecule has 0 aliphatic heterocycles. The molecule has 5 rings (SSSR count). The van der Waals surface area contributed by atoms with E-state index in [0.29, 0.717) is 17.8 Å². The molecule has 1 unspecified atom stereocenters. The molecule has 1 fully saturated rings. The average molecular weight is 389 g/mol. The van der Waals surface area contributed by atoms with Gasteiger partial charge in [-0.15, -0.1) is 5.10 Å². The number of hydrogen-bond acceptors (Lipinski definition) is 6. The Hall–Kier alpha value is -3.62. The molecular weight excluding hydrogens is 370 g/mol. The first-order chi connectivity index (χ1) is 14.2. The largest absolute Gasteiger partial charge is 0.465 e. The second-order valence-electron chi connectivity index (χ2n) is 7.38. The molecule has 146 valence electrons. The second-order valence-corrected chi connectivity index (χ2v) is 7.38. The number of rotatable bonds is 4. The first-order valence-electron chi connectivity index (χ1n) is 9.55. The molecule has 1 aliphatic rings. The summed E-state index contributed by atoms with van der Waals surface area (Å²) in [4.78, 5) is 24.4. The molecule has 0 bridgehead atoms. The van der Waals surface area contributed by atoms with E-state index in [2.05, 4.69) is 31.7 Å². The van der Waals surface area contributed by atoms with Crippen LogP contribution in [0, 0.1) is 0 Å². The van der Waals surface area contributed by atoms with Gasteiger partial charge in [-0.2, -0.15) is 0 Å². The zero-order chi connectivity index (χ0) is 19.8. The van der Waals surface area contributed by atoms with Gasteiger partial charge in [-0.3, -0.25) is 4.98 Å². The Balaban J connectivity index is 1.41. The van der Waals surface area contributed by atoms with E-state index in [4.69, 9.17) is 10.1 Å². The van der Waals surface area contributed by atoms with Gasteiger partial charge in [0.25, 0.3) is 0 Å². The highest BCUT2D eigenvalue weighted by atomic mass is 16.4. The smallest absolute Gasteiger partial charge is 0.404 e. The predicted molar refractivity (Wildman–Crippen MR) is 106 cm³/mol. The zero-order valence-electron chi connectivity index (χ0n) is 15.6. The van der Waals surface area contributed by atoms with E-state index in [1.807, 2.05) is 24.3 Å². The van der Waals surface area contributed by atoms with Crippen LogP contribution in [0.5, 0.6) is 0 Å². The molecule has 9 nitrogen and oxygen atoms in total. The summed E-state index contributed by atoms with van der Waals surface area (Å²) >= 11 is 0. The molecular formula is C20H19N7O2. The van der Waals surface area contributed by atoms with Gasteiger partial charge < -0.3 is 10.4 Å². The van der Waals surface area contributed by atoms with Crippen LogP contribution in [0.2, 0.25) is 0 Å². The van der Waals surface area contributed by atoms with Crippen molar-refractivity contribution in [3.8, 4) is 0 Å². The minimum atomic E-state index is -0.981. The van der Waals surface area contributed by atoms with Gasteiger partial charge in [-0.05, 0) is 43.0 Å². The maximum atomic E-state index is 10.9. The standard InChI is InChI=1S/C20H19N7O2/c28-20(29)23-15-5-4-14(9-15)17-10-22-18-19(24-17)27(26-25-18)11-12-3-6-16-13(8-12)2-1-7-21-16/h1-3,6-8,10,14-15,23H,4-5,9,11H2,(H,28,29)/t14?,15-/m1/s1. The van der Waals surface area contributed by atoms with E-state index < -0.39 is 6.09 Å². The van der Waals surface area contributed by atoms with Crippen molar-refractivity contribution >= 4 is 28.3 Å². The molecule has 29 heavy (non-hydrogen) atoms. The lowest BCUT2D eigenvalue weighted by molar-refractivity contribution is 0.190. The highest BCUT2D eigenvalue weighted by Gasteiger charge is 2.28. The number of fused-ring (bicyclic) bond motifs is 2. The van der Waals surface area contributed by atoms with Crippen molar-refractivity contribution in [3.05, 3.63) is 54.0 Å². The summed E-state index contributed by atoms with van der Waals surface area (Å²) in [6.07, 6.45) is 4.95. The van der Waals surface area contributed by atoms with E-state index in [1.165, 1.54) is 0 Å². The molecule has 1 aliphatic carbocycles. The average Bonchev–Trinajstić information content (AvgIpc) is 3.34. The second kappa shape index (κ2) is 7.08. The van der Waals surface area contributed by atoms with Gasteiger partial charge in [-0.1, -0.05) is 17.3 Å². The van der Waals surface area contributed by atoms with Crippen molar-refractivity contribution in [3.63, 3.8) is 0 Å². The topological polar surface area (TPSA) is 119 Å². The molecule has 3 heterocycles. The van der Waals surface area contributed by atoms with E-state index in [0.717, 1.165) is 41.4 Å². The predicted octanol–water partition coefficient (Wildman–Crippen LogP) is 2.72. The van der Waals surface area contributed by atoms with Crippen LogP contribution in [-0.2, 0) is 6.54 Å². The van der Waals surface area contributed by atoms with Gasteiger partial charge in [0.05, 0.1) is 24.0 Å². The Morgan fingerprint density at radius 1 is 1.24 bits per heavy atom. The third-order valence-corrected chi connectivity index (χ3v) is 5.42. The van der Waals surface area contributed by atoms with Crippen molar-refractivity contribution in [2.45, 2.75) is 37.8 Å². The fraction of sp³-hybridized carbons (Fsp3) is 0.300. The molecule has 1 aromatic carbocycles. The van der Waals surface area contributed by atoms with Gasteiger partial charge >= 0.3 is 6.09 Å². The van der Waals surface area contributed by atoms with Crippen LogP contribution in [0.1, 0.15) is 36.4 Å². The van der Waals surface area contributed by atoms with Crippen LogP contribution in [0.3, 0.4) is 0 Å². The van der Waals surface area contributed by atoms with Crippen LogP contribution in [-0.4, -0.2) is 47.2 Å². The Morgan fingerprint density at radius 2 is 2.17 bits per heavy atom. The van der Waals surface area contributed by atoms with Crippen molar-refractivity contribution in [1.82, 2.24) is 35.3 Å². The first-order valence-corrected chi connectivity index (χ1v) is 9.55. The number of aromatic nitrogens is 6. The summed E-state index contributed by atoms with van der Waals surface area (Å²) in [6, 6.07) is 10.0. The van der Waals surface area contributed by atoms with Crippen LogP contribution < -0.4 is 5.32 Å². The zero-order valence-corrected chi connectivity index (χ0v) is 15.6. The number of hydrogen-bond donors (Lipinski definition) is 2. The van der Waals surface area contributed by atoms with Gasteiger partial charge in [0.2, 0.25) is 5.65 Å². The number of amides is 1. The first kappa shape index (κ1) is 17.5. The molecule has 0 radical (unpaired) electrons. The fourth-order valence-electron chi connectivity index (χ4n) is 4.02. The minimum absolute atomic E-state index is 0.0377. The number of nitrogens with one attached hydrogen (secondary N) is 1. The number of carbonyl (C=O) groups is 1. The summed E-state index contributed by atoms with van der Waals surface area (Å²) in [5.41, 5.74) is 4.04. The number of nitrogens with zero attached hydrogens (tertiary/aromatic N) is 6. The molecule has 2 N–H and O–H groups in total. The highest BCUT2D eigenvalue weighted by Crippen LogP contribution is 2.33. The van der Waals surface area contributed by atoms with Gasteiger partial charge in [0, 0.05) is 23.5 Å². The lowest BCUT2D eigenvalue weighted by atomic mass is 10.0. The van der Waals surface area contributed by atoms with Crippen molar-refractivity contribution in [2.24, 2.45) is 0 Å². The lowest BCUT2D eigenvalue weighted by Crippen LogP contribution is -2.31. The molecule has 4 aromatic rings. The lowest BCUT2D eigenvalue weighted by Gasteiger charge is -2.11. The van der Waals surface area contributed by atoms with E-state index in [1.54, 1.807) is 17.1 Å². The molecule has 0 spiro atoms. The third-order valence-electron chi connectivity index (χ3n) is 5.42. The SMILES string of the molecule is O=C(O)N[C@@H]1CCC(c2cnc3nnn(Cc4ccc5ncccc5c4)c3n2)C1. The number of carboxylic acid groups (broad SMARTS) is 1. The number of pyridine rings is 1. The van der Waals surface area contributed by atoms with Gasteiger partial charge in [0.1, 0.15) is 0 Å². The Bertz CT molecular complexity index is 1210. The molecule has 2 atom stereocenters. The van der Waals surface area contributed by atoms with Crippen LogP contribution >= 0.6 is 0 Å². The minimum Gasteiger partial charge on any atom is -0.465 e. The Morgan fingerprint density at radius 3 is 3.07 bits per heavy atom. The summed E-state index contributed by atoms with van der Waals surface area (Å²) in [5.74, 6) is 0.179.